The van der Waals surface area contributed by atoms with E-state index in [0.717, 1.165) is 24.1 Å². The minimum Gasteiger partial charge on any atom is -0.331 e. The molecule has 10 heteroatoms. The monoisotopic (exact) mass is 459 g/mol. The van der Waals surface area contributed by atoms with Crippen LogP contribution >= 0.6 is 0 Å². The normalized spacial score (nSPS) is 14.3. The van der Waals surface area contributed by atoms with Crippen LogP contribution in [0, 0.1) is 5.82 Å². The Kier molecular flexibility index (Phi) is 5.96. The summed E-state index contributed by atoms with van der Waals surface area (Å²) in [5.41, 5.74) is 3.00. The summed E-state index contributed by atoms with van der Waals surface area (Å²) < 4.78 is 38.7. The van der Waals surface area contributed by atoms with Crippen molar-refractivity contribution in [1.29, 1.82) is 0 Å². The van der Waals surface area contributed by atoms with Gasteiger partial charge in [-0.15, -0.1) is 0 Å². The lowest BCUT2D eigenvalue weighted by molar-refractivity contribution is 0.242. The van der Waals surface area contributed by atoms with Crippen LogP contribution in [0.2, 0.25) is 0 Å². The van der Waals surface area contributed by atoms with Crippen molar-refractivity contribution in [1.82, 2.24) is 20.1 Å². The van der Waals surface area contributed by atoms with Gasteiger partial charge in [-0.2, -0.15) is 5.10 Å². The summed E-state index contributed by atoms with van der Waals surface area (Å²) >= 11 is 0. The van der Waals surface area contributed by atoms with Crippen LogP contribution in [-0.2, 0) is 16.3 Å². The number of carbonyl (C=O) groups is 1. The van der Waals surface area contributed by atoms with E-state index >= 15 is 0 Å². The van der Waals surface area contributed by atoms with Crippen molar-refractivity contribution < 1.29 is 19.0 Å². The highest BCUT2D eigenvalue weighted by Gasteiger charge is 2.30. The lowest BCUT2D eigenvalue weighted by Gasteiger charge is -2.23. The lowest BCUT2D eigenvalue weighted by atomic mass is 10.0. The van der Waals surface area contributed by atoms with Crippen LogP contribution in [0.25, 0.3) is 5.69 Å². The molecule has 0 saturated heterocycles. The van der Waals surface area contributed by atoms with Crippen molar-refractivity contribution in [3.63, 3.8) is 0 Å². The number of anilines is 1. The molecule has 0 saturated carbocycles. The predicted molar refractivity (Wildman–Crippen MR) is 120 cm³/mol. The van der Waals surface area contributed by atoms with Crippen molar-refractivity contribution >= 4 is 21.6 Å². The summed E-state index contributed by atoms with van der Waals surface area (Å²) in [6.07, 6.45) is 6.25. The van der Waals surface area contributed by atoms with E-state index in [4.69, 9.17) is 0 Å². The molecule has 1 N–H and O–H groups in total. The SMILES string of the molecule is CCC[C@H](NC(=O)N1CCc2c1cnn2-c1ccc(F)cc1)c1ccnc(S(C)(=O)=O)c1.[HH]. The number of aromatic nitrogens is 3. The maximum absolute atomic E-state index is 13.3. The Balaban J connectivity index is 0.00000306. The number of carbonyl (C=O) groups excluding carboxylic acids is 1. The molecule has 1 aromatic carbocycles. The van der Waals surface area contributed by atoms with E-state index in [9.17, 15) is 17.6 Å². The molecule has 2 amide bonds. The summed E-state index contributed by atoms with van der Waals surface area (Å²) in [6, 6.07) is 8.63. The van der Waals surface area contributed by atoms with Gasteiger partial charge in [-0.25, -0.2) is 27.3 Å². The summed E-state index contributed by atoms with van der Waals surface area (Å²) in [7, 11) is -3.45. The summed E-state index contributed by atoms with van der Waals surface area (Å²) in [6.45, 7) is 2.49. The molecule has 4 rings (SSSR count). The zero-order valence-corrected chi connectivity index (χ0v) is 18.6. The van der Waals surface area contributed by atoms with Gasteiger partial charge in [-0.05, 0) is 48.4 Å². The number of hydrogen-bond acceptors (Lipinski definition) is 5. The standard InChI is InChI=1S/C22H24FN5O3S.H2/c1-3-4-18(15-9-11-24-21(13-15)32(2,30)31)26-22(29)27-12-10-19-20(27)14-25-28(19)17-7-5-16(23)6-8-17;/h5-9,11,13-14,18H,3-4,10,12H2,1-2H3,(H,26,29);1H/t18-;/m0./s1. The maximum Gasteiger partial charge on any atom is 0.322 e. The molecular formula is C22H26FN5O3S. The molecule has 0 bridgehead atoms. The first-order valence-corrected chi connectivity index (χ1v) is 12.2. The van der Waals surface area contributed by atoms with E-state index in [1.807, 2.05) is 6.92 Å². The molecule has 3 heterocycles. The van der Waals surface area contributed by atoms with Crippen LogP contribution in [0.3, 0.4) is 0 Å². The van der Waals surface area contributed by atoms with Crippen molar-refractivity contribution in [2.24, 2.45) is 0 Å². The second kappa shape index (κ2) is 8.70. The van der Waals surface area contributed by atoms with Crippen LogP contribution in [0.4, 0.5) is 14.9 Å². The van der Waals surface area contributed by atoms with E-state index in [1.165, 1.54) is 24.4 Å². The smallest absolute Gasteiger partial charge is 0.322 e. The minimum absolute atomic E-state index is 0. The second-order valence-electron chi connectivity index (χ2n) is 7.76. The highest BCUT2D eigenvalue weighted by atomic mass is 32.2. The average Bonchev–Trinajstić information content (AvgIpc) is 3.36. The number of pyridine rings is 1. The molecule has 32 heavy (non-hydrogen) atoms. The first-order valence-electron chi connectivity index (χ1n) is 10.3. The van der Waals surface area contributed by atoms with Gasteiger partial charge in [0.1, 0.15) is 5.82 Å². The number of rotatable bonds is 6. The first-order chi connectivity index (χ1) is 15.3. The van der Waals surface area contributed by atoms with Crippen LogP contribution in [0.1, 0.15) is 38.5 Å². The number of urea groups is 1. The third kappa shape index (κ3) is 4.36. The molecule has 170 valence electrons. The van der Waals surface area contributed by atoms with Gasteiger partial charge in [0.15, 0.2) is 14.9 Å². The lowest BCUT2D eigenvalue weighted by Crippen LogP contribution is -2.41. The van der Waals surface area contributed by atoms with Crippen LogP contribution in [0.5, 0.6) is 0 Å². The third-order valence-electron chi connectivity index (χ3n) is 5.44. The van der Waals surface area contributed by atoms with Gasteiger partial charge in [0.2, 0.25) is 0 Å². The molecule has 2 aromatic heterocycles. The Morgan fingerprint density at radius 2 is 2.03 bits per heavy atom. The Bertz CT molecular complexity index is 1250. The molecule has 1 atom stereocenters. The number of fused-ring (bicyclic) bond motifs is 1. The molecule has 1 aliphatic rings. The molecular weight excluding hydrogens is 433 g/mol. The van der Waals surface area contributed by atoms with E-state index in [0.29, 0.717) is 30.6 Å². The highest BCUT2D eigenvalue weighted by Crippen LogP contribution is 2.30. The molecule has 8 nitrogen and oxygen atoms in total. The number of amides is 2. The Labute approximate surface area is 187 Å². The number of benzene rings is 1. The highest BCUT2D eigenvalue weighted by molar-refractivity contribution is 7.90. The van der Waals surface area contributed by atoms with Crippen molar-refractivity contribution in [2.75, 3.05) is 17.7 Å². The zero-order valence-electron chi connectivity index (χ0n) is 17.8. The summed E-state index contributed by atoms with van der Waals surface area (Å²) in [4.78, 5) is 18.7. The largest absolute Gasteiger partial charge is 0.331 e. The fraction of sp³-hybridized carbons (Fsp3) is 0.318. The molecule has 1 aliphatic heterocycles. The van der Waals surface area contributed by atoms with E-state index in [-0.39, 0.29) is 24.3 Å². The topological polar surface area (TPSA) is 97.2 Å². The Morgan fingerprint density at radius 3 is 2.72 bits per heavy atom. The number of nitrogens with one attached hydrogen (secondary N) is 1. The van der Waals surface area contributed by atoms with Gasteiger partial charge in [-0.3, -0.25) is 4.90 Å². The van der Waals surface area contributed by atoms with Gasteiger partial charge in [0, 0.05) is 26.8 Å². The van der Waals surface area contributed by atoms with E-state index in [1.54, 1.807) is 34.0 Å². The second-order valence-corrected chi connectivity index (χ2v) is 9.72. The van der Waals surface area contributed by atoms with Crippen molar-refractivity contribution in [2.45, 2.75) is 37.3 Å². The van der Waals surface area contributed by atoms with Gasteiger partial charge in [-0.1, -0.05) is 13.3 Å². The van der Waals surface area contributed by atoms with E-state index < -0.39 is 9.84 Å². The van der Waals surface area contributed by atoms with Gasteiger partial charge in [0.25, 0.3) is 0 Å². The molecule has 0 unspecified atom stereocenters. The molecule has 3 aromatic rings. The van der Waals surface area contributed by atoms with Gasteiger partial charge < -0.3 is 5.32 Å². The van der Waals surface area contributed by atoms with Gasteiger partial charge >= 0.3 is 6.03 Å². The molecule has 0 aliphatic carbocycles. The summed E-state index contributed by atoms with van der Waals surface area (Å²) in [5, 5.41) is 7.39. The zero-order chi connectivity index (χ0) is 22.9. The van der Waals surface area contributed by atoms with Crippen molar-refractivity contribution in [3.05, 3.63) is 65.9 Å². The first kappa shape index (κ1) is 21.9. The predicted octanol–water partition coefficient (Wildman–Crippen LogP) is 3.67. The number of halogens is 1. The number of nitrogens with zero attached hydrogens (tertiary/aromatic N) is 4. The fourth-order valence-corrected chi connectivity index (χ4v) is 4.46. The average molecular weight is 460 g/mol. The van der Waals surface area contributed by atoms with E-state index in [2.05, 4.69) is 15.4 Å². The Morgan fingerprint density at radius 1 is 1.28 bits per heavy atom. The molecule has 0 fully saturated rings. The Hall–Kier alpha value is -3.27. The number of sulfone groups is 1. The minimum atomic E-state index is -3.45. The quantitative estimate of drug-likeness (QED) is 0.607. The molecule has 0 radical (unpaired) electrons. The maximum atomic E-state index is 13.3. The number of hydrogen-bond donors (Lipinski definition) is 1. The van der Waals surface area contributed by atoms with Crippen LogP contribution in [0.15, 0.2) is 53.8 Å². The van der Waals surface area contributed by atoms with Crippen molar-refractivity contribution in [3.8, 4) is 5.69 Å². The fourth-order valence-electron chi connectivity index (χ4n) is 3.86. The van der Waals surface area contributed by atoms with Crippen LogP contribution < -0.4 is 10.2 Å². The van der Waals surface area contributed by atoms with Crippen LogP contribution in [-0.4, -0.2) is 42.0 Å². The van der Waals surface area contributed by atoms with Gasteiger partial charge in [0.05, 0.1) is 29.3 Å². The summed E-state index contributed by atoms with van der Waals surface area (Å²) in [5.74, 6) is -0.323. The third-order valence-corrected chi connectivity index (χ3v) is 6.43. The molecule has 0 spiro atoms.